The maximum Gasteiger partial charge on any atom is 0.293 e. The van der Waals surface area contributed by atoms with Gasteiger partial charge in [-0.25, -0.2) is 10.1 Å². The standard InChI is InChI=1S/C18H23N9O3/c1-4-13-15(21-25-27(13)17-16(19)23-30-24-17)18(29)22-20-10-11-7-8-12(9-14(11)28)26(5-2)6-3/h7-10,28H,4-6H2,1-3H3,(H2,19,23)(H,22,29)/b20-10-. The van der Waals surface area contributed by atoms with Crippen molar-refractivity contribution in [2.75, 3.05) is 23.7 Å². The first-order chi connectivity index (χ1) is 14.5. The molecular formula is C18H23N9O3. The smallest absolute Gasteiger partial charge is 0.293 e. The van der Waals surface area contributed by atoms with Crippen molar-refractivity contribution < 1.29 is 14.5 Å². The molecule has 0 aliphatic carbocycles. The van der Waals surface area contributed by atoms with Crippen molar-refractivity contribution in [2.45, 2.75) is 27.2 Å². The van der Waals surface area contributed by atoms with Gasteiger partial charge in [-0.05, 0) is 42.7 Å². The van der Waals surface area contributed by atoms with Gasteiger partial charge >= 0.3 is 0 Å². The summed E-state index contributed by atoms with van der Waals surface area (Å²) in [5.74, 6) is -0.321. The zero-order valence-corrected chi connectivity index (χ0v) is 16.9. The third kappa shape index (κ3) is 4.06. The number of hydrogen-bond donors (Lipinski definition) is 3. The molecule has 12 nitrogen and oxygen atoms in total. The van der Waals surface area contributed by atoms with Crippen LogP contribution in [0, 0.1) is 0 Å². The summed E-state index contributed by atoms with van der Waals surface area (Å²) in [6.45, 7) is 7.57. The Morgan fingerprint density at radius 3 is 2.70 bits per heavy atom. The summed E-state index contributed by atoms with van der Waals surface area (Å²) in [5.41, 5.74) is 9.97. The first-order valence-electron chi connectivity index (χ1n) is 9.44. The Morgan fingerprint density at radius 1 is 1.33 bits per heavy atom. The van der Waals surface area contributed by atoms with Crippen LogP contribution in [0.1, 0.15) is 42.5 Å². The van der Waals surface area contributed by atoms with Crippen molar-refractivity contribution in [2.24, 2.45) is 5.10 Å². The van der Waals surface area contributed by atoms with Crippen LogP contribution >= 0.6 is 0 Å². The molecule has 0 saturated heterocycles. The molecule has 0 atom stereocenters. The number of nitrogens with zero attached hydrogens (tertiary/aromatic N) is 7. The Hall–Kier alpha value is -3.96. The van der Waals surface area contributed by atoms with Crippen molar-refractivity contribution in [3.8, 4) is 11.6 Å². The Morgan fingerprint density at radius 2 is 2.10 bits per heavy atom. The van der Waals surface area contributed by atoms with E-state index in [9.17, 15) is 9.90 Å². The molecule has 0 aliphatic heterocycles. The van der Waals surface area contributed by atoms with E-state index in [-0.39, 0.29) is 23.1 Å². The second-order valence-electron chi connectivity index (χ2n) is 6.24. The van der Waals surface area contributed by atoms with Crippen LogP contribution in [-0.2, 0) is 6.42 Å². The number of amides is 1. The van der Waals surface area contributed by atoms with Gasteiger partial charge in [-0.2, -0.15) is 9.78 Å². The highest BCUT2D eigenvalue weighted by molar-refractivity contribution is 5.94. The van der Waals surface area contributed by atoms with Gasteiger partial charge in [0.25, 0.3) is 5.91 Å². The van der Waals surface area contributed by atoms with Gasteiger partial charge in [0, 0.05) is 30.4 Å². The first kappa shape index (κ1) is 20.8. The van der Waals surface area contributed by atoms with Gasteiger partial charge in [0.15, 0.2) is 5.69 Å². The minimum absolute atomic E-state index is 0.0308. The molecule has 0 fully saturated rings. The number of aromatic hydroxyl groups is 1. The van der Waals surface area contributed by atoms with Crippen LogP contribution in [0.2, 0.25) is 0 Å². The second kappa shape index (κ2) is 9.03. The van der Waals surface area contributed by atoms with E-state index in [4.69, 9.17) is 5.73 Å². The van der Waals surface area contributed by atoms with E-state index in [2.05, 4.69) is 40.7 Å². The van der Waals surface area contributed by atoms with Crippen LogP contribution < -0.4 is 16.1 Å². The third-order valence-corrected chi connectivity index (χ3v) is 4.52. The maximum atomic E-state index is 12.5. The SMILES string of the molecule is CCc1c(C(=O)N/N=C\c2ccc(N(CC)CC)cc2O)nnn1-c1nonc1N. The summed E-state index contributed by atoms with van der Waals surface area (Å²) >= 11 is 0. The maximum absolute atomic E-state index is 12.5. The monoisotopic (exact) mass is 413 g/mol. The first-order valence-corrected chi connectivity index (χ1v) is 9.44. The van der Waals surface area contributed by atoms with E-state index in [0.29, 0.717) is 17.7 Å². The van der Waals surface area contributed by atoms with E-state index >= 15 is 0 Å². The van der Waals surface area contributed by atoms with E-state index in [1.54, 1.807) is 12.1 Å². The molecule has 4 N–H and O–H groups in total. The van der Waals surface area contributed by atoms with Crippen molar-refractivity contribution >= 4 is 23.6 Å². The predicted octanol–water partition coefficient (Wildman–Crippen LogP) is 1.11. The number of hydrogen-bond acceptors (Lipinski definition) is 10. The Bertz CT molecular complexity index is 1050. The summed E-state index contributed by atoms with van der Waals surface area (Å²) < 4.78 is 5.86. The number of benzene rings is 1. The Balaban J connectivity index is 1.74. The normalized spacial score (nSPS) is 11.2. The van der Waals surface area contributed by atoms with Gasteiger partial charge in [-0.1, -0.05) is 12.1 Å². The lowest BCUT2D eigenvalue weighted by Crippen LogP contribution is -2.21. The zero-order chi connectivity index (χ0) is 21.7. The fourth-order valence-electron chi connectivity index (χ4n) is 2.94. The summed E-state index contributed by atoms with van der Waals surface area (Å²) in [6, 6.07) is 5.27. The Labute approximate surface area is 172 Å². The lowest BCUT2D eigenvalue weighted by atomic mass is 10.2. The summed E-state index contributed by atoms with van der Waals surface area (Å²) in [6.07, 6.45) is 1.79. The summed E-state index contributed by atoms with van der Waals surface area (Å²) in [7, 11) is 0. The molecule has 3 rings (SSSR count). The average Bonchev–Trinajstić information content (AvgIpc) is 3.35. The lowest BCUT2D eigenvalue weighted by Gasteiger charge is -2.21. The number of phenolic OH excluding ortho intramolecular Hbond substituents is 1. The largest absolute Gasteiger partial charge is 0.507 e. The molecule has 0 unspecified atom stereocenters. The number of anilines is 2. The van der Waals surface area contributed by atoms with Crippen LogP contribution in [0.4, 0.5) is 11.5 Å². The van der Waals surface area contributed by atoms with Crippen LogP contribution in [0.25, 0.3) is 5.82 Å². The van der Waals surface area contributed by atoms with Crippen LogP contribution in [0.15, 0.2) is 27.9 Å². The number of carbonyl (C=O) groups is 1. The molecule has 0 saturated carbocycles. The van der Waals surface area contributed by atoms with Gasteiger partial charge in [0.05, 0.1) is 11.9 Å². The fraction of sp³-hybridized carbons (Fsp3) is 0.333. The number of phenols is 1. The quantitative estimate of drug-likeness (QED) is 0.363. The van der Waals surface area contributed by atoms with Crippen molar-refractivity contribution in [3.63, 3.8) is 0 Å². The van der Waals surface area contributed by atoms with Gasteiger partial charge in [-0.3, -0.25) is 4.79 Å². The highest BCUT2D eigenvalue weighted by Gasteiger charge is 2.22. The summed E-state index contributed by atoms with van der Waals surface area (Å²) in [4.78, 5) is 14.6. The minimum Gasteiger partial charge on any atom is -0.507 e. The van der Waals surface area contributed by atoms with Crippen LogP contribution in [-0.4, -0.2) is 55.6 Å². The second-order valence-corrected chi connectivity index (χ2v) is 6.24. The molecule has 0 aliphatic rings. The third-order valence-electron chi connectivity index (χ3n) is 4.52. The van der Waals surface area contributed by atoms with Crippen molar-refractivity contribution in [1.29, 1.82) is 0 Å². The van der Waals surface area contributed by atoms with E-state index in [0.717, 1.165) is 18.8 Å². The van der Waals surface area contributed by atoms with Gasteiger partial charge in [-0.15, -0.1) is 5.10 Å². The van der Waals surface area contributed by atoms with E-state index in [1.807, 2.05) is 26.8 Å². The van der Waals surface area contributed by atoms with Gasteiger partial charge in [0.1, 0.15) is 5.75 Å². The molecule has 1 aromatic carbocycles. The molecule has 12 heteroatoms. The zero-order valence-electron chi connectivity index (χ0n) is 16.9. The van der Waals surface area contributed by atoms with Crippen molar-refractivity contribution in [1.82, 2.24) is 30.7 Å². The highest BCUT2D eigenvalue weighted by atomic mass is 16.6. The van der Waals surface area contributed by atoms with Crippen molar-refractivity contribution in [3.05, 3.63) is 35.2 Å². The number of carbonyl (C=O) groups excluding carboxylic acids is 1. The number of nitrogens with one attached hydrogen (secondary N) is 1. The number of aromatic nitrogens is 5. The molecule has 0 spiro atoms. The topological polar surface area (TPSA) is 161 Å². The highest BCUT2D eigenvalue weighted by Crippen LogP contribution is 2.23. The van der Waals surface area contributed by atoms with E-state index in [1.165, 1.54) is 10.9 Å². The molecule has 0 radical (unpaired) electrons. The number of nitrogens with two attached hydrogens (primary N) is 1. The molecule has 0 bridgehead atoms. The summed E-state index contributed by atoms with van der Waals surface area (Å²) in [5, 5.41) is 29.1. The predicted molar refractivity (Wildman–Crippen MR) is 110 cm³/mol. The van der Waals surface area contributed by atoms with Crippen LogP contribution in [0.5, 0.6) is 5.75 Å². The molecule has 158 valence electrons. The number of rotatable bonds is 8. The van der Waals surface area contributed by atoms with Gasteiger partial charge in [0.2, 0.25) is 11.6 Å². The molecule has 30 heavy (non-hydrogen) atoms. The molecule has 1 amide bonds. The van der Waals surface area contributed by atoms with Crippen LogP contribution in [0.3, 0.4) is 0 Å². The van der Waals surface area contributed by atoms with E-state index < -0.39 is 5.91 Å². The molecular weight excluding hydrogens is 390 g/mol. The minimum atomic E-state index is -0.566. The Kier molecular flexibility index (Phi) is 6.25. The average molecular weight is 413 g/mol. The van der Waals surface area contributed by atoms with Gasteiger partial charge < -0.3 is 15.7 Å². The molecule has 2 heterocycles. The fourth-order valence-corrected chi connectivity index (χ4v) is 2.94. The molecule has 2 aromatic heterocycles. The number of nitrogen functional groups attached to an aromatic ring is 1. The molecule has 3 aromatic rings. The number of hydrazone groups is 1. The lowest BCUT2D eigenvalue weighted by molar-refractivity contribution is 0.0949.